The Hall–Kier alpha value is -2.29. The van der Waals surface area contributed by atoms with E-state index in [1.807, 2.05) is 47.9 Å². The number of hydrogen-bond donors (Lipinski definition) is 1. The van der Waals surface area contributed by atoms with E-state index in [0.717, 1.165) is 22.5 Å². The van der Waals surface area contributed by atoms with Gasteiger partial charge in [0.2, 0.25) is 0 Å². The Kier molecular flexibility index (Phi) is 2.11. The van der Waals surface area contributed by atoms with E-state index in [1.165, 1.54) is 0 Å². The van der Waals surface area contributed by atoms with Crippen molar-refractivity contribution in [3.05, 3.63) is 54.4 Å². The molecule has 0 fully saturated rings. The Bertz CT molecular complexity index is 686. The molecule has 0 radical (unpaired) electrons. The van der Waals surface area contributed by atoms with Crippen molar-refractivity contribution >= 4 is 5.65 Å². The highest BCUT2D eigenvalue weighted by Gasteiger charge is 2.05. The maximum atomic E-state index is 9.54. The summed E-state index contributed by atoms with van der Waals surface area (Å²) in [7, 11) is 0. The average Bonchev–Trinajstić information content (AvgIpc) is 2.80. The van der Waals surface area contributed by atoms with Gasteiger partial charge in [0.15, 0.2) is 0 Å². The summed E-state index contributed by atoms with van der Waals surface area (Å²) in [4.78, 5) is 4.26. The van der Waals surface area contributed by atoms with Crippen molar-refractivity contribution in [2.75, 3.05) is 0 Å². The second kappa shape index (κ2) is 3.63. The molecule has 0 unspecified atom stereocenters. The Labute approximate surface area is 99.0 Å². The molecule has 84 valence electrons. The Balaban J connectivity index is 2.26. The highest BCUT2D eigenvalue weighted by Crippen LogP contribution is 2.25. The summed E-state index contributed by atoms with van der Waals surface area (Å²) in [6.45, 7) is 1.90. The molecule has 0 aliphatic rings. The molecule has 0 aliphatic carbocycles. The molecule has 3 rings (SSSR count). The molecule has 0 bridgehead atoms. The largest absolute Gasteiger partial charge is 0.508 e. The second-order valence-corrected chi connectivity index (χ2v) is 4.07. The third kappa shape index (κ3) is 1.56. The highest BCUT2D eigenvalue weighted by molar-refractivity contribution is 5.65. The predicted octanol–water partition coefficient (Wildman–Crippen LogP) is 3.02. The number of aromatic hydroxyl groups is 1. The number of benzene rings is 1. The number of imidazole rings is 1. The number of nitrogens with zero attached hydrogens (tertiary/aromatic N) is 2. The summed E-state index contributed by atoms with van der Waals surface area (Å²) in [6, 6.07) is 11.6. The van der Waals surface area contributed by atoms with Gasteiger partial charge in [-0.15, -0.1) is 0 Å². The standard InChI is InChI=1S/C14H12N2O/c1-10-9-11(5-6-13(10)17)12-3-2-4-14-15-7-8-16(12)14/h2-9,17H,1H3. The molecule has 17 heavy (non-hydrogen) atoms. The maximum absolute atomic E-state index is 9.54. The van der Waals surface area contributed by atoms with E-state index in [-0.39, 0.29) is 0 Å². The van der Waals surface area contributed by atoms with E-state index in [4.69, 9.17) is 0 Å². The SMILES string of the molecule is Cc1cc(-c2cccc3nccn23)ccc1O. The molecule has 3 heteroatoms. The van der Waals surface area contributed by atoms with Gasteiger partial charge in [0, 0.05) is 12.4 Å². The van der Waals surface area contributed by atoms with Gasteiger partial charge in [-0.3, -0.25) is 4.40 Å². The van der Waals surface area contributed by atoms with Crippen LogP contribution in [0.1, 0.15) is 5.56 Å². The fourth-order valence-corrected chi connectivity index (χ4v) is 2.00. The van der Waals surface area contributed by atoms with E-state index < -0.39 is 0 Å². The van der Waals surface area contributed by atoms with Crippen LogP contribution < -0.4 is 0 Å². The smallest absolute Gasteiger partial charge is 0.137 e. The van der Waals surface area contributed by atoms with Gasteiger partial charge in [0.25, 0.3) is 0 Å². The lowest BCUT2D eigenvalue weighted by Gasteiger charge is -2.07. The molecule has 0 saturated carbocycles. The van der Waals surface area contributed by atoms with Crippen molar-refractivity contribution in [3.8, 4) is 17.0 Å². The number of aromatic nitrogens is 2. The van der Waals surface area contributed by atoms with Gasteiger partial charge in [-0.25, -0.2) is 4.98 Å². The minimum Gasteiger partial charge on any atom is -0.508 e. The summed E-state index contributed by atoms with van der Waals surface area (Å²) in [5, 5.41) is 9.54. The van der Waals surface area contributed by atoms with Gasteiger partial charge in [0.1, 0.15) is 11.4 Å². The Morgan fingerprint density at radius 1 is 1.18 bits per heavy atom. The summed E-state index contributed by atoms with van der Waals surface area (Å²) >= 11 is 0. The molecule has 0 atom stereocenters. The van der Waals surface area contributed by atoms with Crippen LogP contribution in [0.25, 0.3) is 16.9 Å². The number of fused-ring (bicyclic) bond motifs is 1. The Morgan fingerprint density at radius 2 is 2.06 bits per heavy atom. The van der Waals surface area contributed by atoms with Crippen molar-refractivity contribution in [1.82, 2.24) is 9.38 Å². The van der Waals surface area contributed by atoms with Crippen LogP contribution in [0.4, 0.5) is 0 Å². The van der Waals surface area contributed by atoms with E-state index in [2.05, 4.69) is 4.98 Å². The molecule has 0 saturated heterocycles. The number of rotatable bonds is 1. The molecule has 0 aliphatic heterocycles. The molecular weight excluding hydrogens is 212 g/mol. The van der Waals surface area contributed by atoms with E-state index in [0.29, 0.717) is 5.75 Å². The summed E-state index contributed by atoms with van der Waals surface area (Å²) in [5.41, 5.74) is 3.94. The number of pyridine rings is 1. The molecule has 2 heterocycles. The monoisotopic (exact) mass is 224 g/mol. The minimum atomic E-state index is 0.326. The first-order chi connectivity index (χ1) is 8.25. The van der Waals surface area contributed by atoms with E-state index in [9.17, 15) is 5.11 Å². The zero-order valence-corrected chi connectivity index (χ0v) is 9.46. The lowest BCUT2D eigenvalue weighted by Crippen LogP contribution is -1.90. The first-order valence-corrected chi connectivity index (χ1v) is 5.48. The average molecular weight is 224 g/mol. The number of phenols is 1. The van der Waals surface area contributed by atoms with Crippen LogP contribution in [-0.2, 0) is 0 Å². The molecular formula is C14H12N2O. The predicted molar refractivity (Wildman–Crippen MR) is 67.0 cm³/mol. The topological polar surface area (TPSA) is 37.5 Å². The van der Waals surface area contributed by atoms with Crippen molar-refractivity contribution in [1.29, 1.82) is 0 Å². The lowest BCUT2D eigenvalue weighted by atomic mass is 10.1. The number of aryl methyl sites for hydroxylation is 1. The van der Waals surface area contributed by atoms with Crippen molar-refractivity contribution in [2.24, 2.45) is 0 Å². The van der Waals surface area contributed by atoms with Crippen molar-refractivity contribution in [3.63, 3.8) is 0 Å². The third-order valence-corrected chi connectivity index (χ3v) is 2.92. The summed E-state index contributed by atoms with van der Waals surface area (Å²) in [6.07, 6.45) is 3.72. The van der Waals surface area contributed by atoms with Gasteiger partial charge < -0.3 is 5.11 Å². The first kappa shape index (κ1) is 9.90. The summed E-state index contributed by atoms with van der Waals surface area (Å²) < 4.78 is 2.03. The van der Waals surface area contributed by atoms with Crippen LogP contribution in [0, 0.1) is 6.92 Å². The molecule has 1 aromatic carbocycles. The first-order valence-electron chi connectivity index (χ1n) is 5.48. The van der Waals surface area contributed by atoms with Crippen LogP contribution in [0.3, 0.4) is 0 Å². The van der Waals surface area contributed by atoms with E-state index in [1.54, 1.807) is 12.3 Å². The third-order valence-electron chi connectivity index (χ3n) is 2.92. The fourth-order valence-electron chi connectivity index (χ4n) is 2.00. The number of hydrogen-bond acceptors (Lipinski definition) is 2. The maximum Gasteiger partial charge on any atom is 0.137 e. The van der Waals surface area contributed by atoms with Crippen LogP contribution >= 0.6 is 0 Å². The summed E-state index contributed by atoms with van der Waals surface area (Å²) in [5.74, 6) is 0.326. The van der Waals surface area contributed by atoms with Crippen molar-refractivity contribution < 1.29 is 5.11 Å². The van der Waals surface area contributed by atoms with Gasteiger partial charge in [-0.2, -0.15) is 0 Å². The zero-order valence-electron chi connectivity index (χ0n) is 9.46. The van der Waals surface area contributed by atoms with Crippen LogP contribution in [0.15, 0.2) is 48.8 Å². The normalized spacial score (nSPS) is 10.9. The van der Waals surface area contributed by atoms with Gasteiger partial charge >= 0.3 is 0 Å². The highest BCUT2D eigenvalue weighted by atomic mass is 16.3. The lowest BCUT2D eigenvalue weighted by molar-refractivity contribution is 0.471. The number of phenolic OH excluding ortho intramolecular Hbond substituents is 1. The van der Waals surface area contributed by atoms with Gasteiger partial charge in [0.05, 0.1) is 5.69 Å². The molecule has 3 nitrogen and oxygen atoms in total. The van der Waals surface area contributed by atoms with Gasteiger partial charge in [-0.05, 0) is 48.4 Å². The minimum absolute atomic E-state index is 0.326. The van der Waals surface area contributed by atoms with Crippen LogP contribution in [-0.4, -0.2) is 14.5 Å². The molecule has 0 amide bonds. The Morgan fingerprint density at radius 3 is 2.88 bits per heavy atom. The van der Waals surface area contributed by atoms with Gasteiger partial charge in [-0.1, -0.05) is 6.07 Å². The molecule has 1 N–H and O–H groups in total. The zero-order chi connectivity index (χ0) is 11.8. The molecule has 2 aromatic heterocycles. The molecule has 0 spiro atoms. The quantitative estimate of drug-likeness (QED) is 0.690. The molecule has 3 aromatic rings. The second-order valence-electron chi connectivity index (χ2n) is 4.07. The van der Waals surface area contributed by atoms with Crippen LogP contribution in [0.5, 0.6) is 5.75 Å². The van der Waals surface area contributed by atoms with Crippen molar-refractivity contribution in [2.45, 2.75) is 6.92 Å². The van der Waals surface area contributed by atoms with Crippen LogP contribution in [0.2, 0.25) is 0 Å². The van der Waals surface area contributed by atoms with E-state index >= 15 is 0 Å². The fraction of sp³-hybridized carbons (Fsp3) is 0.0714.